The van der Waals surface area contributed by atoms with Crippen molar-refractivity contribution in [2.24, 2.45) is 0 Å². The lowest BCUT2D eigenvalue weighted by Gasteiger charge is -2.28. The van der Waals surface area contributed by atoms with Crippen molar-refractivity contribution in [2.45, 2.75) is 13.5 Å². The van der Waals surface area contributed by atoms with Gasteiger partial charge in [-0.2, -0.15) is 5.10 Å². The van der Waals surface area contributed by atoms with Gasteiger partial charge in [-0.15, -0.1) is 0 Å². The maximum absolute atomic E-state index is 11.3. The summed E-state index contributed by atoms with van der Waals surface area (Å²) >= 11 is 3.34. The van der Waals surface area contributed by atoms with E-state index < -0.39 is 9.84 Å². The fourth-order valence-corrected chi connectivity index (χ4v) is 3.40. The Morgan fingerprint density at radius 3 is 2.62 bits per heavy atom. The molecule has 0 radical (unpaired) electrons. The first kappa shape index (κ1) is 11.9. The average Bonchev–Trinajstić information content (AvgIpc) is 2.59. The predicted octanol–water partition coefficient (Wildman–Crippen LogP) is 0.900. The number of rotatable bonds is 2. The second kappa shape index (κ2) is 4.37. The van der Waals surface area contributed by atoms with Crippen molar-refractivity contribution in [1.82, 2.24) is 9.78 Å². The average molecular weight is 308 g/mol. The highest BCUT2D eigenvalue weighted by Gasteiger charge is 2.23. The Bertz CT molecular complexity index is 469. The van der Waals surface area contributed by atoms with Gasteiger partial charge in [-0.05, 0) is 22.9 Å². The summed E-state index contributed by atoms with van der Waals surface area (Å²) < 4.78 is 25.3. The van der Waals surface area contributed by atoms with Crippen LogP contribution in [0.15, 0.2) is 10.7 Å². The minimum absolute atomic E-state index is 0.236. The molecule has 0 N–H and O–H groups in total. The quantitative estimate of drug-likeness (QED) is 0.814. The molecule has 0 spiro atoms. The Morgan fingerprint density at radius 2 is 2.06 bits per heavy atom. The summed E-state index contributed by atoms with van der Waals surface area (Å²) in [5.74, 6) is 1.46. The first-order chi connectivity index (χ1) is 7.52. The highest BCUT2D eigenvalue weighted by atomic mass is 79.9. The van der Waals surface area contributed by atoms with Gasteiger partial charge in [-0.25, -0.2) is 13.1 Å². The third-order valence-electron chi connectivity index (χ3n) is 2.70. The maximum Gasteiger partial charge on any atom is 0.153 e. The molecular weight excluding hydrogens is 294 g/mol. The first-order valence-corrected chi connectivity index (χ1v) is 7.82. The molecule has 1 aromatic rings. The van der Waals surface area contributed by atoms with Crippen molar-refractivity contribution in [3.8, 4) is 0 Å². The predicted molar refractivity (Wildman–Crippen MR) is 66.5 cm³/mol. The Morgan fingerprint density at radius 1 is 1.44 bits per heavy atom. The molecule has 0 aliphatic carbocycles. The normalized spacial score (nSPS) is 20.0. The zero-order valence-corrected chi connectivity index (χ0v) is 11.5. The number of sulfone groups is 1. The van der Waals surface area contributed by atoms with Crippen molar-refractivity contribution in [2.75, 3.05) is 29.5 Å². The zero-order chi connectivity index (χ0) is 11.8. The van der Waals surface area contributed by atoms with Crippen LogP contribution in [0.5, 0.6) is 0 Å². The van der Waals surface area contributed by atoms with E-state index in [1.165, 1.54) is 0 Å². The maximum atomic E-state index is 11.3. The summed E-state index contributed by atoms with van der Waals surface area (Å²) in [6, 6.07) is 1.93. The van der Waals surface area contributed by atoms with Crippen LogP contribution in [-0.2, 0) is 16.4 Å². The second-order valence-electron chi connectivity index (χ2n) is 3.78. The number of hydrogen-bond acceptors (Lipinski definition) is 4. The van der Waals surface area contributed by atoms with Crippen LogP contribution in [-0.4, -0.2) is 42.8 Å². The number of halogens is 1. The highest BCUT2D eigenvalue weighted by Crippen LogP contribution is 2.21. The van der Waals surface area contributed by atoms with Crippen LogP contribution in [0.1, 0.15) is 6.92 Å². The fraction of sp³-hybridized carbons (Fsp3) is 0.667. The molecule has 5 nitrogen and oxygen atoms in total. The van der Waals surface area contributed by atoms with Crippen LogP contribution in [0.4, 0.5) is 5.82 Å². The Hall–Kier alpha value is -0.560. The largest absolute Gasteiger partial charge is 0.355 e. The molecule has 0 saturated carbocycles. The van der Waals surface area contributed by atoms with Crippen molar-refractivity contribution in [3.05, 3.63) is 10.7 Å². The number of hydrogen-bond donors (Lipinski definition) is 0. The molecule has 2 rings (SSSR count). The smallest absolute Gasteiger partial charge is 0.153 e. The van der Waals surface area contributed by atoms with Gasteiger partial charge in [0.15, 0.2) is 9.84 Å². The van der Waals surface area contributed by atoms with E-state index in [0.29, 0.717) is 13.1 Å². The van der Waals surface area contributed by atoms with Gasteiger partial charge >= 0.3 is 0 Å². The second-order valence-corrected chi connectivity index (χ2v) is 6.90. The van der Waals surface area contributed by atoms with E-state index in [0.717, 1.165) is 17.0 Å². The van der Waals surface area contributed by atoms with Gasteiger partial charge in [0.25, 0.3) is 0 Å². The highest BCUT2D eigenvalue weighted by molar-refractivity contribution is 9.10. The van der Waals surface area contributed by atoms with Crippen molar-refractivity contribution in [1.29, 1.82) is 0 Å². The van der Waals surface area contributed by atoms with Gasteiger partial charge in [0, 0.05) is 25.7 Å². The molecule has 0 atom stereocenters. The van der Waals surface area contributed by atoms with Gasteiger partial charge in [-0.3, -0.25) is 0 Å². The van der Waals surface area contributed by atoms with E-state index >= 15 is 0 Å². The van der Waals surface area contributed by atoms with E-state index in [9.17, 15) is 8.42 Å². The molecule has 0 unspecified atom stereocenters. The Balaban J connectivity index is 2.19. The standard InChI is InChI=1S/C9H14BrN3O2S/c1-2-13-9(7-8(10)11-13)12-3-5-16(14,15)6-4-12/h7H,2-6H2,1H3. The van der Waals surface area contributed by atoms with Crippen LogP contribution in [0.2, 0.25) is 0 Å². The van der Waals surface area contributed by atoms with E-state index in [1.54, 1.807) is 0 Å². The Kier molecular flexibility index (Phi) is 3.25. The van der Waals surface area contributed by atoms with Crippen LogP contribution in [0, 0.1) is 0 Å². The van der Waals surface area contributed by atoms with Crippen molar-refractivity contribution >= 4 is 31.6 Å². The van der Waals surface area contributed by atoms with Gasteiger partial charge in [0.05, 0.1) is 11.5 Å². The van der Waals surface area contributed by atoms with E-state index in [1.807, 2.05) is 17.7 Å². The van der Waals surface area contributed by atoms with Crippen LogP contribution >= 0.6 is 15.9 Å². The van der Waals surface area contributed by atoms with Crippen LogP contribution in [0.3, 0.4) is 0 Å². The van der Waals surface area contributed by atoms with Gasteiger partial charge in [0.1, 0.15) is 10.4 Å². The molecular formula is C9H14BrN3O2S. The molecule has 7 heteroatoms. The minimum atomic E-state index is -2.82. The molecule has 0 bridgehead atoms. The minimum Gasteiger partial charge on any atom is -0.355 e. The fourth-order valence-electron chi connectivity index (χ4n) is 1.81. The first-order valence-electron chi connectivity index (χ1n) is 5.20. The van der Waals surface area contributed by atoms with Crippen LogP contribution in [0.25, 0.3) is 0 Å². The third-order valence-corrected chi connectivity index (χ3v) is 4.69. The number of anilines is 1. The van der Waals surface area contributed by atoms with Gasteiger partial charge < -0.3 is 4.90 Å². The summed E-state index contributed by atoms with van der Waals surface area (Å²) in [5.41, 5.74) is 0. The summed E-state index contributed by atoms with van der Waals surface area (Å²) in [7, 11) is -2.82. The summed E-state index contributed by atoms with van der Waals surface area (Å²) in [6.07, 6.45) is 0. The molecule has 1 aromatic heterocycles. The zero-order valence-electron chi connectivity index (χ0n) is 9.06. The summed E-state index contributed by atoms with van der Waals surface area (Å²) in [5, 5.41) is 4.28. The van der Waals surface area contributed by atoms with Gasteiger partial charge in [-0.1, -0.05) is 0 Å². The monoisotopic (exact) mass is 307 g/mol. The molecule has 16 heavy (non-hydrogen) atoms. The lowest BCUT2D eigenvalue weighted by molar-refractivity contribution is 0.581. The van der Waals surface area contributed by atoms with Crippen molar-refractivity contribution < 1.29 is 8.42 Å². The molecule has 0 amide bonds. The number of aryl methyl sites for hydroxylation is 1. The molecule has 1 aliphatic heterocycles. The lowest BCUT2D eigenvalue weighted by atomic mass is 10.4. The molecule has 1 aliphatic rings. The molecule has 1 fully saturated rings. The van der Waals surface area contributed by atoms with Crippen molar-refractivity contribution in [3.63, 3.8) is 0 Å². The third kappa shape index (κ3) is 2.40. The molecule has 90 valence electrons. The van der Waals surface area contributed by atoms with Crippen LogP contribution < -0.4 is 4.90 Å². The summed E-state index contributed by atoms with van der Waals surface area (Å²) in [6.45, 7) is 3.91. The molecule has 2 heterocycles. The Labute approximate surface area is 103 Å². The van der Waals surface area contributed by atoms with E-state index in [-0.39, 0.29) is 11.5 Å². The molecule has 0 aromatic carbocycles. The number of aromatic nitrogens is 2. The molecule has 1 saturated heterocycles. The SMILES string of the molecule is CCn1nc(Br)cc1N1CCS(=O)(=O)CC1. The van der Waals surface area contributed by atoms with E-state index in [4.69, 9.17) is 0 Å². The van der Waals surface area contributed by atoms with E-state index in [2.05, 4.69) is 25.9 Å². The topological polar surface area (TPSA) is 55.2 Å². The number of nitrogens with zero attached hydrogens (tertiary/aromatic N) is 3. The van der Waals surface area contributed by atoms with Gasteiger partial charge in [0.2, 0.25) is 0 Å². The lowest BCUT2D eigenvalue weighted by Crippen LogP contribution is -2.41. The summed E-state index contributed by atoms with van der Waals surface area (Å²) in [4.78, 5) is 2.07.